The van der Waals surface area contributed by atoms with E-state index in [1.165, 1.54) is 43.5 Å². The van der Waals surface area contributed by atoms with Crippen molar-refractivity contribution in [2.45, 2.75) is 58.7 Å². The molecule has 1 fully saturated rings. The van der Waals surface area contributed by atoms with Gasteiger partial charge >= 0.3 is 0 Å². The molecule has 2 aromatic rings. The number of carbonyl (C=O) groups excluding carboxylic acids is 1. The Morgan fingerprint density at radius 3 is 2.00 bits per heavy atom. The van der Waals surface area contributed by atoms with E-state index < -0.39 is 0 Å². The highest BCUT2D eigenvalue weighted by Gasteiger charge is 2.10. The van der Waals surface area contributed by atoms with Crippen LogP contribution in [0.1, 0.15) is 55.7 Å². The number of guanidine groups is 1. The van der Waals surface area contributed by atoms with Crippen molar-refractivity contribution in [1.82, 2.24) is 15.5 Å². The van der Waals surface area contributed by atoms with Crippen molar-refractivity contribution in [2.75, 3.05) is 25.5 Å². The minimum Gasteiger partial charge on any atom is -0.352 e. The number of aliphatic imine (C=N–C) groups is 1. The normalized spacial score (nSPS) is 14.8. The zero-order valence-electron chi connectivity index (χ0n) is 19.5. The van der Waals surface area contributed by atoms with Gasteiger partial charge in [0.2, 0.25) is 5.91 Å². The van der Waals surface area contributed by atoms with E-state index in [2.05, 4.69) is 50.1 Å². The Bertz CT molecular complexity index is 855. The lowest BCUT2D eigenvalue weighted by atomic mass is 10.1. The molecule has 0 aliphatic carbocycles. The number of benzene rings is 2. The van der Waals surface area contributed by atoms with Gasteiger partial charge in [-0.3, -0.25) is 14.7 Å². The van der Waals surface area contributed by atoms with Crippen LogP contribution in [0.15, 0.2) is 53.5 Å². The van der Waals surface area contributed by atoms with Crippen molar-refractivity contribution in [3.05, 3.63) is 65.2 Å². The second-order valence-electron chi connectivity index (χ2n) is 8.43. The van der Waals surface area contributed by atoms with Crippen LogP contribution in [-0.2, 0) is 24.4 Å². The molecule has 1 aliphatic rings. The summed E-state index contributed by atoms with van der Waals surface area (Å²) >= 11 is 0. The van der Waals surface area contributed by atoms with Crippen molar-refractivity contribution in [1.29, 1.82) is 0 Å². The van der Waals surface area contributed by atoms with E-state index in [0.717, 1.165) is 36.7 Å². The molecular formula is C26H37N5O. The van der Waals surface area contributed by atoms with Crippen LogP contribution >= 0.6 is 0 Å². The van der Waals surface area contributed by atoms with Gasteiger partial charge in [-0.05, 0) is 61.2 Å². The first-order valence-corrected chi connectivity index (χ1v) is 11.8. The Morgan fingerprint density at radius 1 is 0.875 bits per heavy atom. The van der Waals surface area contributed by atoms with Gasteiger partial charge in [0.1, 0.15) is 0 Å². The number of nitrogens with zero attached hydrogens (tertiary/aromatic N) is 2. The number of amides is 1. The summed E-state index contributed by atoms with van der Waals surface area (Å²) in [6, 6.07) is 16.8. The lowest BCUT2D eigenvalue weighted by molar-refractivity contribution is -0.116. The number of likely N-dealkylation sites (tertiary alicyclic amines) is 1. The lowest BCUT2D eigenvalue weighted by Gasteiger charge is -2.26. The predicted octanol–water partition coefficient (Wildman–Crippen LogP) is 4.28. The first-order chi connectivity index (χ1) is 15.7. The minimum absolute atomic E-state index is 0.0579. The highest BCUT2D eigenvalue weighted by atomic mass is 16.1. The number of anilines is 1. The molecule has 0 saturated carbocycles. The van der Waals surface area contributed by atoms with E-state index in [1.807, 2.05) is 31.2 Å². The van der Waals surface area contributed by atoms with Crippen LogP contribution in [0.5, 0.6) is 0 Å². The third-order valence-corrected chi connectivity index (χ3v) is 5.74. The smallest absolute Gasteiger partial charge is 0.224 e. The molecule has 172 valence electrons. The maximum Gasteiger partial charge on any atom is 0.224 e. The van der Waals surface area contributed by atoms with E-state index in [0.29, 0.717) is 13.0 Å². The fourth-order valence-electron chi connectivity index (χ4n) is 3.89. The molecule has 0 aromatic heterocycles. The third-order valence-electron chi connectivity index (χ3n) is 5.74. The quantitative estimate of drug-likeness (QED) is 0.406. The zero-order valence-corrected chi connectivity index (χ0v) is 19.5. The van der Waals surface area contributed by atoms with Crippen LogP contribution in [0, 0.1) is 0 Å². The largest absolute Gasteiger partial charge is 0.352 e. The zero-order chi connectivity index (χ0) is 22.6. The summed E-state index contributed by atoms with van der Waals surface area (Å²) in [6.45, 7) is 6.89. The summed E-state index contributed by atoms with van der Waals surface area (Å²) in [6.07, 6.45) is 5.43. The molecule has 2 aromatic carbocycles. The van der Waals surface area contributed by atoms with Crippen molar-refractivity contribution < 1.29 is 4.79 Å². The second kappa shape index (κ2) is 12.9. The third kappa shape index (κ3) is 8.00. The standard InChI is InChI=1S/C26H37N5O/c1-3-7-25(32)30-24-14-12-22(13-15-24)19-29-26(27-2)28-18-21-8-10-23(11-9-21)20-31-16-5-4-6-17-31/h8-15H,3-7,16-20H2,1-2H3,(H,30,32)(H2,27,28,29). The first-order valence-electron chi connectivity index (χ1n) is 11.8. The van der Waals surface area contributed by atoms with Gasteiger partial charge in [-0.1, -0.05) is 49.7 Å². The maximum atomic E-state index is 11.7. The van der Waals surface area contributed by atoms with Gasteiger partial charge in [-0.15, -0.1) is 0 Å². The number of piperidine rings is 1. The molecule has 0 unspecified atom stereocenters. The molecule has 0 radical (unpaired) electrons. The molecule has 1 saturated heterocycles. The number of hydrogen-bond donors (Lipinski definition) is 3. The van der Waals surface area contributed by atoms with Crippen LogP contribution in [-0.4, -0.2) is 36.9 Å². The molecule has 6 heteroatoms. The number of carbonyl (C=O) groups is 1. The number of rotatable bonds is 9. The average Bonchev–Trinajstić information content (AvgIpc) is 2.82. The Kier molecular flexibility index (Phi) is 9.57. The van der Waals surface area contributed by atoms with E-state index in [4.69, 9.17) is 0 Å². The average molecular weight is 436 g/mol. The summed E-state index contributed by atoms with van der Waals surface area (Å²) in [5.74, 6) is 0.824. The van der Waals surface area contributed by atoms with Gasteiger partial charge in [0, 0.05) is 38.8 Å². The lowest BCUT2D eigenvalue weighted by Crippen LogP contribution is -2.36. The summed E-state index contributed by atoms with van der Waals surface area (Å²) in [5, 5.41) is 9.64. The highest BCUT2D eigenvalue weighted by Crippen LogP contribution is 2.14. The molecule has 1 heterocycles. The van der Waals surface area contributed by atoms with Gasteiger partial charge in [-0.2, -0.15) is 0 Å². The fourth-order valence-corrected chi connectivity index (χ4v) is 3.89. The first kappa shape index (κ1) is 23.8. The predicted molar refractivity (Wildman–Crippen MR) is 133 cm³/mol. The van der Waals surface area contributed by atoms with Gasteiger partial charge in [0.15, 0.2) is 5.96 Å². The molecule has 32 heavy (non-hydrogen) atoms. The Hall–Kier alpha value is -2.86. The Labute approximate surface area is 192 Å². The highest BCUT2D eigenvalue weighted by molar-refractivity contribution is 5.90. The van der Waals surface area contributed by atoms with Gasteiger partial charge in [0.05, 0.1) is 0 Å². The Balaban J connectivity index is 1.41. The monoisotopic (exact) mass is 435 g/mol. The molecule has 0 spiro atoms. The number of hydrogen-bond acceptors (Lipinski definition) is 3. The molecule has 3 rings (SSSR count). The summed E-state index contributed by atoms with van der Waals surface area (Å²) in [7, 11) is 1.78. The van der Waals surface area contributed by atoms with E-state index in [-0.39, 0.29) is 5.91 Å². The summed E-state index contributed by atoms with van der Waals surface area (Å²) in [5.41, 5.74) is 4.58. The minimum atomic E-state index is 0.0579. The molecule has 6 nitrogen and oxygen atoms in total. The SMILES string of the molecule is CCCC(=O)Nc1ccc(CNC(=NC)NCc2ccc(CN3CCCCC3)cc2)cc1. The van der Waals surface area contributed by atoms with E-state index in [9.17, 15) is 4.79 Å². The molecule has 1 amide bonds. The molecule has 0 bridgehead atoms. The summed E-state index contributed by atoms with van der Waals surface area (Å²) in [4.78, 5) is 18.6. The van der Waals surface area contributed by atoms with Crippen molar-refractivity contribution >= 4 is 17.6 Å². The fraction of sp³-hybridized carbons (Fsp3) is 0.462. The van der Waals surface area contributed by atoms with E-state index >= 15 is 0 Å². The van der Waals surface area contributed by atoms with Gasteiger partial charge in [-0.25, -0.2) is 0 Å². The van der Waals surface area contributed by atoms with Crippen LogP contribution in [0.25, 0.3) is 0 Å². The molecule has 3 N–H and O–H groups in total. The molecular weight excluding hydrogens is 398 g/mol. The van der Waals surface area contributed by atoms with Crippen LogP contribution in [0.3, 0.4) is 0 Å². The second-order valence-corrected chi connectivity index (χ2v) is 8.43. The van der Waals surface area contributed by atoms with Crippen LogP contribution in [0.2, 0.25) is 0 Å². The topological polar surface area (TPSA) is 68.8 Å². The van der Waals surface area contributed by atoms with Crippen molar-refractivity contribution in [3.63, 3.8) is 0 Å². The van der Waals surface area contributed by atoms with Crippen molar-refractivity contribution in [3.8, 4) is 0 Å². The maximum absolute atomic E-state index is 11.7. The van der Waals surface area contributed by atoms with Crippen LogP contribution in [0.4, 0.5) is 5.69 Å². The van der Waals surface area contributed by atoms with Gasteiger partial charge in [0.25, 0.3) is 0 Å². The van der Waals surface area contributed by atoms with Crippen LogP contribution < -0.4 is 16.0 Å². The summed E-state index contributed by atoms with van der Waals surface area (Å²) < 4.78 is 0. The molecule has 1 aliphatic heterocycles. The van der Waals surface area contributed by atoms with Gasteiger partial charge < -0.3 is 16.0 Å². The number of nitrogens with one attached hydrogen (secondary N) is 3. The van der Waals surface area contributed by atoms with Crippen molar-refractivity contribution in [2.24, 2.45) is 4.99 Å². The Morgan fingerprint density at radius 2 is 1.44 bits per heavy atom. The molecule has 0 atom stereocenters. The van der Waals surface area contributed by atoms with E-state index in [1.54, 1.807) is 7.05 Å².